The second-order valence-corrected chi connectivity index (χ2v) is 5.26. The smallest absolute Gasteiger partial charge is 0.137 e. The number of carbonyl (C=O) groups excluding carboxylic acids is 1. The Morgan fingerprint density at radius 2 is 2.13 bits per heavy atom. The van der Waals surface area contributed by atoms with E-state index in [1.165, 1.54) is 6.42 Å². The van der Waals surface area contributed by atoms with Gasteiger partial charge in [-0.15, -0.1) is 0 Å². The quantitative estimate of drug-likeness (QED) is 0.768. The highest BCUT2D eigenvalue weighted by molar-refractivity contribution is 5.81. The van der Waals surface area contributed by atoms with Crippen LogP contribution in [-0.4, -0.2) is 41.5 Å². The number of ketones is 1. The largest absolute Gasteiger partial charge is 0.394 e. The lowest BCUT2D eigenvalue weighted by Crippen LogP contribution is -2.47. The lowest BCUT2D eigenvalue weighted by molar-refractivity contribution is -0.125. The second kappa shape index (κ2) is 5.08. The van der Waals surface area contributed by atoms with Gasteiger partial charge >= 0.3 is 0 Å². The van der Waals surface area contributed by atoms with Crippen LogP contribution < -0.4 is 0 Å². The summed E-state index contributed by atoms with van der Waals surface area (Å²) >= 11 is 0. The van der Waals surface area contributed by atoms with Gasteiger partial charge < -0.3 is 5.11 Å². The topological polar surface area (TPSA) is 40.5 Å². The summed E-state index contributed by atoms with van der Waals surface area (Å²) < 4.78 is 0. The first-order valence-electron chi connectivity index (χ1n) is 5.82. The summed E-state index contributed by atoms with van der Waals surface area (Å²) in [6.07, 6.45) is 4.00. The molecule has 1 N–H and O–H groups in total. The number of likely N-dealkylation sites (N-methyl/N-ethyl adjacent to an activating group) is 1. The minimum atomic E-state index is -0.224. The van der Waals surface area contributed by atoms with Crippen LogP contribution in [0, 0.1) is 5.92 Å². The third kappa shape index (κ3) is 3.28. The minimum absolute atomic E-state index is 0.129. The van der Waals surface area contributed by atoms with Gasteiger partial charge in [-0.3, -0.25) is 9.69 Å². The van der Waals surface area contributed by atoms with Crippen LogP contribution in [0.15, 0.2) is 0 Å². The van der Waals surface area contributed by atoms with E-state index in [0.29, 0.717) is 5.78 Å². The lowest BCUT2D eigenvalue weighted by Gasteiger charge is -2.36. The fraction of sp³-hybridized carbons (Fsp3) is 0.917. The zero-order valence-electron chi connectivity index (χ0n) is 10.1. The van der Waals surface area contributed by atoms with Gasteiger partial charge in [0.05, 0.1) is 6.61 Å². The molecule has 1 unspecified atom stereocenters. The number of Topliss-reactive ketones (excluding diaryl/α,β-unsaturated/α-hetero) is 1. The third-order valence-corrected chi connectivity index (χ3v) is 3.60. The summed E-state index contributed by atoms with van der Waals surface area (Å²) in [5, 5.41) is 9.23. The van der Waals surface area contributed by atoms with Crippen molar-refractivity contribution in [2.45, 2.75) is 45.1 Å². The fourth-order valence-corrected chi connectivity index (χ4v) is 1.95. The maximum atomic E-state index is 11.7. The Morgan fingerprint density at radius 3 is 2.67 bits per heavy atom. The number of rotatable bonds is 4. The molecule has 0 saturated heterocycles. The van der Waals surface area contributed by atoms with E-state index in [9.17, 15) is 9.90 Å². The summed E-state index contributed by atoms with van der Waals surface area (Å²) in [5.74, 6) is 0.594. The van der Waals surface area contributed by atoms with E-state index in [4.69, 9.17) is 0 Å². The van der Waals surface area contributed by atoms with E-state index in [1.807, 2.05) is 20.9 Å². The molecule has 88 valence electrons. The summed E-state index contributed by atoms with van der Waals surface area (Å²) in [7, 11) is 1.98. The molecule has 1 saturated carbocycles. The molecule has 0 heterocycles. The van der Waals surface area contributed by atoms with Gasteiger partial charge in [0.25, 0.3) is 0 Å². The third-order valence-electron chi connectivity index (χ3n) is 3.60. The van der Waals surface area contributed by atoms with Crippen molar-refractivity contribution in [3.05, 3.63) is 0 Å². The van der Waals surface area contributed by atoms with Crippen molar-refractivity contribution in [3.8, 4) is 0 Å². The summed E-state index contributed by atoms with van der Waals surface area (Å²) in [6.45, 7) is 4.91. The highest BCUT2D eigenvalue weighted by Gasteiger charge is 2.29. The second-order valence-electron chi connectivity index (χ2n) is 5.26. The molecule has 1 aliphatic rings. The van der Waals surface area contributed by atoms with E-state index in [-0.39, 0.29) is 18.1 Å². The molecule has 0 radical (unpaired) electrons. The molecule has 0 aliphatic heterocycles. The van der Waals surface area contributed by atoms with Gasteiger partial charge in [-0.25, -0.2) is 0 Å². The molecule has 0 bridgehead atoms. The molecule has 3 heteroatoms. The van der Waals surface area contributed by atoms with E-state index < -0.39 is 0 Å². The number of aliphatic hydroxyl groups excluding tert-OH is 1. The van der Waals surface area contributed by atoms with E-state index in [2.05, 4.69) is 4.90 Å². The molecule has 0 aromatic carbocycles. The number of hydrogen-bond donors (Lipinski definition) is 1. The van der Waals surface area contributed by atoms with Crippen LogP contribution in [0.3, 0.4) is 0 Å². The molecule has 0 amide bonds. The molecule has 0 aromatic rings. The first-order valence-corrected chi connectivity index (χ1v) is 5.82. The van der Waals surface area contributed by atoms with Gasteiger partial charge in [0.2, 0.25) is 0 Å². The highest BCUT2D eigenvalue weighted by atomic mass is 16.3. The molecule has 3 nitrogen and oxygen atoms in total. The Labute approximate surface area is 92.5 Å². The van der Waals surface area contributed by atoms with Crippen LogP contribution >= 0.6 is 0 Å². The Bertz CT molecular complexity index is 226. The maximum absolute atomic E-state index is 11.7. The van der Waals surface area contributed by atoms with Crippen molar-refractivity contribution >= 4 is 5.78 Å². The van der Waals surface area contributed by atoms with E-state index in [1.54, 1.807) is 0 Å². The molecule has 1 rings (SSSR count). The van der Waals surface area contributed by atoms with Crippen LogP contribution in [0.4, 0.5) is 0 Å². The first kappa shape index (κ1) is 12.7. The summed E-state index contributed by atoms with van der Waals surface area (Å²) in [5.41, 5.74) is -0.224. The molecule has 15 heavy (non-hydrogen) atoms. The molecule has 1 aliphatic carbocycles. The van der Waals surface area contributed by atoms with Crippen molar-refractivity contribution in [1.82, 2.24) is 4.90 Å². The van der Waals surface area contributed by atoms with Crippen molar-refractivity contribution in [1.29, 1.82) is 0 Å². The zero-order chi connectivity index (χ0) is 11.5. The van der Waals surface area contributed by atoms with Gasteiger partial charge in [-0.2, -0.15) is 0 Å². The predicted molar refractivity (Wildman–Crippen MR) is 60.8 cm³/mol. The number of aliphatic hydroxyl groups is 1. The van der Waals surface area contributed by atoms with Crippen LogP contribution in [-0.2, 0) is 4.79 Å². The number of carbonyl (C=O) groups is 1. The standard InChI is InChI=1S/C12H23NO2/c1-12(2,9-14)13(3)8-10-6-4-5-7-11(10)15/h10,14H,4-9H2,1-3H3. The molecular formula is C12H23NO2. The van der Waals surface area contributed by atoms with Crippen molar-refractivity contribution in [3.63, 3.8) is 0 Å². The number of nitrogens with zero attached hydrogens (tertiary/aromatic N) is 1. The van der Waals surface area contributed by atoms with Crippen LogP contribution in [0.2, 0.25) is 0 Å². The molecule has 1 atom stereocenters. The van der Waals surface area contributed by atoms with Gasteiger partial charge in [-0.1, -0.05) is 6.42 Å². The van der Waals surface area contributed by atoms with Crippen molar-refractivity contribution < 1.29 is 9.90 Å². The molecule has 0 spiro atoms. The predicted octanol–water partition coefficient (Wildman–Crippen LogP) is 1.45. The Balaban J connectivity index is 2.49. The minimum Gasteiger partial charge on any atom is -0.394 e. The van der Waals surface area contributed by atoms with Crippen molar-refractivity contribution in [2.75, 3.05) is 20.2 Å². The lowest BCUT2D eigenvalue weighted by atomic mass is 9.87. The van der Waals surface area contributed by atoms with Crippen molar-refractivity contribution in [2.24, 2.45) is 5.92 Å². The highest BCUT2D eigenvalue weighted by Crippen LogP contribution is 2.23. The molecule has 1 fully saturated rings. The summed E-state index contributed by atoms with van der Waals surface area (Å²) in [4.78, 5) is 13.8. The van der Waals surface area contributed by atoms with E-state index in [0.717, 1.165) is 25.8 Å². The van der Waals surface area contributed by atoms with Gasteiger partial charge in [0.1, 0.15) is 5.78 Å². The first-order chi connectivity index (χ1) is 6.97. The van der Waals surface area contributed by atoms with Gasteiger partial charge in [-0.05, 0) is 33.7 Å². The van der Waals surface area contributed by atoms with Crippen LogP contribution in [0.25, 0.3) is 0 Å². The Hall–Kier alpha value is -0.410. The molecular weight excluding hydrogens is 190 g/mol. The Morgan fingerprint density at radius 1 is 1.47 bits per heavy atom. The average Bonchev–Trinajstić information content (AvgIpc) is 2.21. The zero-order valence-corrected chi connectivity index (χ0v) is 10.1. The Kier molecular flexibility index (Phi) is 4.29. The maximum Gasteiger partial charge on any atom is 0.137 e. The van der Waals surface area contributed by atoms with Crippen LogP contribution in [0.5, 0.6) is 0 Å². The summed E-state index contributed by atoms with van der Waals surface area (Å²) in [6, 6.07) is 0. The van der Waals surface area contributed by atoms with Crippen LogP contribution in [0.1, 0.15) is 39.5 Å². The number of hydrogen-bond acceptors (Lipinski definition) is 3. The fourth-order valence-electron chi connectivity index (χ4n) is 1.95. The van der Waals surface area contributed by atoms with Gasteiger partial charge in [0.15, 0.2) is 0 Å². The van der Waals surface area contributed by atoms with E-state index >= 15 is 0 Å². The molecule has 0 aromatic heterocycles. The monoisotopic (exact) mass is 213 g/mol. The van der Waals surface area contributed by atoms with Gasteiger partial charge in [0, 0.05) is 24.4 Å². The SMILES string of the molecule is CN(CC1CCCCC1=O)C(C)(C)CO. The normalized spacial score (nSPS) is 23.5. The average molecular weight is 213 g/mol.